The molecular weight excluding hydrogens is 86.0 g/mol. The third kappa shape index (κ3) is 2.86. The predicted molar refractivity (Wildman–Crippen MR) is 31.3 cm³/mol. The molecular formula is C2H10P2. The van der Waals surface area contributed by atoms with Crippen LogP contribution < -0.4 is 0 Å². The van der Waals surface area contributed by atoms with Crippen molar-refractivity contribution < 1.29 is 0 Å². The molecule has 0 aromatic heterocycles. The first-order chi connectivity index (χ1) is 1.91. The van der Waals surface area contributed by atoms with Crippen LogP contribution in [0.4, 0.5) is 0 Å². The van der Waals surface area contributed by atoms with Gasteiger partial charge >= 0.3 is 29.9 Å². The molecule has 4 heavy (non-hydrogen) atoms. The van der Waals surface area contributed by atoms with Gasteiger partial charge in [0, 0.05) is 0 Å². The molecule has 0 nitrogen and oxygen atoms in total. The Kier molecular flexibility index (Phi) is 4.69. The molecule has 0 rings (SSSR count). The van der Waals surface area contributed by atoms with Gasteiger partial charge in [0.1, 0.15) is 0 Å². The van der Waals surface area contributed by atoms with Gasteiger partial charge in [-0.1, -0.05) is 0 Å². The molecule has 2 heteroatoms. The normalized spacial score (nSPS) is 11.5. The molecule has 0 saturated carbocycles. The zero-order valence-corrected chi connectivity index (χ0v) is 5.62. The third-order valence-corrected chi connectivity index (χ3v) is 3.18. The molecule has 0 bridgehead atoms. The maximum atomic E-state index is 2.33. The van der Waals surface area contributed by atoms with Crippen LogP contribution in [-0.4, -0.2) is 13.3 Å². The maximum absolute atomic E-state index is 2.33. The molecule has 1 unspecified atom stereocenters. The second-order valence-electron chi connectivity index (χ2n) is 0.707. The minimum atomic E-state index is 0.452. The first kappa shape index (κ1) is 4.86. The Balaban J connectivity index is 1.97. The Bertz CT molecular complexity index is 6.00. The van der Waals surface area contributed by atoms with Gasteiger partial charge in [0.25, 0.3) is 0 Å². The standard InChI is InChI=1S/C2H10P2/c1-3-4-2/h3H,1-2,4H3. The molecule has 0 aromatic carbocycles. The van der Waals surface area contributed by atoms with Crippen molar-refractivity contribution in [2.75, 3.05) is 13.3 Å². The summed E-state index contributed by atoms with van der Waals surface area (Å²) < 4.78 is 0. The summed E-state index contributed by atoms with van der Waals surface area (Å²) in [6, 6.07) is 0. The average molecular weight is 96.0 g/mol. The minimum absolute atomic E-state index is 0.452. The molecule has 0 radical (unpaired) electrons. The predicted octanol–water partition coefficient (Wildman–Crippen LogP) is 0.983. The summed E-state index contributed by atoms with van der Waals surface area (Å²) in [5, 5.41) is 0. The second kappa shape index (κ2) is 3.86. The van der Waals surface area contributed by atoms with E-state index in [0.29, 0.717) is 8.27 Å². The zero-order valence-electron chi connectivity index (χ0n) is 3.21. The topological polar surface area (TPSA) is 0 Å². The van der Waals surface area contributed by atoms with E-state index in [9.17, 15) is 0 Å². The number of hydrogen-bond donors (Lipinski definition) is 0. The van der Waals surface area contributed by atoms with Crippen LogP contribution >= 0.6 is 16.5 Å². The van der Waals surface area contributed by atoms with Crippen molar-refractivity contribution in [3.05, 3.63) is 0 Å². The number of rotatable bonds is 1. The van der Waals surface area contributed by atoms with Gasteiger partial charge in [0.15, 0.2) is 0 Å². The van der Waals surface area contributed by atoms with E-state index in [1.54, 1.807) is 0 Å². The van der Waals surface area contributed by atoms with Gasteiger partial charge in [-0.15, -0.1) is 0 Å². The summed E-state index contributed by atoms with van der Waals surface area (Å²) in [4.78, 5) is 0. The Morgan fingerprint density at radius 1 is 1.75 bits per heavy atom. The van der Waals surface area contributed by atoms with E-state index in [0.717, 1.165) is 0 Å². The van der Waals surface area contributed by atoms with Crippen molar-refractivity contribution >= 4 is 16.5 Å². The first-order valence-electron chi connectivity index (χ1n) is 1.56. The van der Waals surface area contributed by atoms with Crippen molar-refractivity contribution in [3.8, 4) is 0 Å². The van der Waals surface area contributed by atoms with Crippen LogP contribution in [0.2, 0.25) is 0 Å². The Labute approximate surface area is 30.8 Å². The molecule has 1 atom stereocenters. The van der Waals surface area contributed by atoms with Crippen LogP contribution in [0.5, 0.6) is 0 Å². The fraction of sp³-hybridized carbons (Fsp3) is 1.00. The van der Waals surface area contributed by atoms with Crippen molar-refractivity contribution in [1.82, 2.24) is 0 Å². The molecule has 0 aliphatic heterocycles. The van der Waals surface area contributed by atoms with E-state index < -0.39 is 0 Å². The van der Waals surface area contributed by atoms with Crippen LogP contribution in [-0.2, 0) is 0 Å². The summed E-state index contributed by atoms with van der Waals surface area (Å²) in [5.74, 6) is 0. The van der Waals surface area contributed by atoms with Gasteiger partial charge in [0.2, 0.25) is 0 Å². The molecule has 0 aliphatic carbocycles. The van der Waals surface area contributed by atoms with Crippen LogP contribution in [0.3, 0.4) is 0 Å². The van der Waals surface area contributed by atoms with Crippen LogP contribution in [0.25, 0.3) is 0 Å². The quantitative estimate of drug-likeness (QED) is 0.427. The van der Waals surface area contributed by atoms with Gasteiger partial charge in [-0.3, -0.25) is 0 Å². The molecule has 0 heterocycles. The second-order valence-corrected chi connectivity index (χ2v) is 6.36. The molecule has 0 saturated heterocycles. The summed E-state index contributed by atoms with van der Waals surface area (Å²) >= 11 is 0. The third-order valence-electron chi connectivity index (χ3n) is 0.354. The van der Waals surface area contributed by atoms with Gasteiger partial charge in [-0.25, -0.2) is 0 Å². The van der Waals surface area contributed by atoms with E-state index in [2.05, 4.69) is 13.3 Å². The zero-order chi connectivity index (χ0) is 3.41. The van der Waals surface area contributed by atoms with Crippen LogP contribution in [0.15, 0.2) is 0 Å². The fourth-order valence-corrected chi connectivity index (χ4v) is 0. The van der Waals surface area contributed by atoms with Crippen molar-refractivity contribution in [2.24, 2.45) is 0 Å². The van der Waals surface area contributed by atoms with Crippen LogP contribution in [0.1, 0.15) is 0 Å². The van der Waals surface area contributed by atoms with Gasteiger partial charge in [-0.05, 0) is 0 Å². The molecule has 0 N–H and O–H groups in total. The summed E-state index contributed by atoms with van der Waals surface area (Å²) in [6.45, 7) is 4.60. The monoisotopic (exact) mass is 96.0 g/mol. The Morgan fingerprint density at radius 2 is 2.00 bits per heavy atom. The van der Waals surface area contributed by atoms with Gasteiger partial charge in [0.05, 0.1) is 0 Å². The summed E-state index contributed by atoms with van der Waals surface area (Å²) in [6.07, 6.45) is 0. The molecule has 0 fully saturated rings. The van der Waals surface area contributed by atoms with E-state index in [1.165, 1.54) is 8.27 Å². The summed E-state index contributed by atoms with van der Waals surface area (Å²) in [5.41, 5.74) is 0. The average Bonchev–Trinajstić information content (AvgIpc) is 1.37. The van der Waals surface area contributed by atoms with Crippen LogP contribution in [0, 0.1) is 0 Å². The van der Waals surface area contributed by atoms with Crippen molar-refractivity contribution in [2.45, 2.75) is 0 Å². The number of hydrogen-bond acceptors (Lipinski definition) is 0. The first-order valence-corrected chi connectivity index (χ1v) is 6.80. The molecule has 0 aliphatic rings. The SMILES string of the molecule is CP[PH3]C. The molecule has 0 spiro atoms. The van der Waals surface area contributed by atoms with E-state index in [-0.39, 0.29) is 0 Å². The molecule has 28 valence electrons. The van der Waals surface area contributed by atoms with Crippen molar-refractivity contribution in [1.29, 1.82) is 0 Å². The van der Waals surface area contributed by atoms with E-state index in [1.807, 2.05) is 0 Å². The Morgan fingerprint density at radius 3 is 2.00 bits per heavy atom. The summed E-state index contributed by atoms with van der Waals surface area (Å²) in [7, 11) is 1.73. The van der Waals surface area contributed by atoms with Crippen molar-refractivity contribution in [3.63, 3.8) is 0 Å². The Hall–Kier alpha value is 0.860. The molecule has 0 aromatic rings. The van der Waals surface area contributed by atoms with Gasteiger partial charge < -0.3 is 0 Å². The van der Waals surface area contributed by atoms with E-state index >= 15 is 0 Å². The van der Waals surface area contributed by atoms with E-state index in [4.69, 9.17) is 0 Å². The fourth-order valence-electron chi connectivity index (χ4n) is 0. The van der Waals surface area contributed by atoms with Gasteiger partial charge in [-0.2, -0.15) is 0 Å². The molecule has 0 amide bonds.